The maximum Gasteiger partial charge on any atom is 0.306 e. The number of azide groups is 1. The predicted molar refractivity (Wildman–Crippen MR) is 102 cm³/mol. The van der Waals surface area contributed by atoms with Gasteiger partial charge in [0.25, 0.3) is 0 Å². The van der Waals surface area contributed by atoms with Crippen molar-refractivity contribution in [2.45, 2.75) is 84.9 Å². The topological polar surface area (TPSA) is 120 Å². The summed E-state index contributed by atoms with van der Waals surface area (Å²) >= 11 is 0. The second-order valence-corrected chi connectivity index (χ2v) is 8.16. The van der Waals surface area contributed by atoms with Gasteiger partial charge in [-0.25, -0.2) is 0 Å². The van der Waals surface area contributed by atoms with Crippen molar-refractivity contribution in [1.29, 1.82) is 0 Å². The summed E-state index contributed by atoms with van der Waals surface area (Å²) in [5.74, 6) is -0.664. The zero-order chi connectivity index (χ0) is 21.3. The van der Waals surface area contributed by atoms with E-state index >= 15 is 0 Å². The molecule has 1 rings (SSSR count). The molecular weight excluding hydrogens is 366 g/mol. The van der Waals surface area contributed by atoms with Gasteiger partial charge in [0.15, 0.2) is 6.29 Å². The highest BCUT2D eigenvalue weighted by Gasteiger charge is 2.43. The van der Waals surface area contributed by atoms with Crippen molar-refractivity contribution in [2.24, 2.45) is 17.0 Å². The van der Waals surface area contributed by atoms with Crippen LogP contribution in [-0.2, 0) is 28.5 Å². The van der Waals surface area contributed by atoms with Crippen LogP contribution in [0.2, 0.25) is 0 Å². The van der Waals surface area contributed by atoms with Crippen LogP contribution >= 0.6 is 0 Å². The molecule has 5 atom stereocenters. The second kappa shape index (κ2) is 11.2. The van der Waals surface area contributed by atoms with Gasteiger partial charge in [-0.1, -0.05) is 19.0 Å². The molecule has 0 bridgehead atoms. The Kier molecular flexibility index (Phi) is 9.72. The number of hydrogen-bond donors (Lipinski definition) is 0. The fourth-order valence-corrected chi connectivity index (χ4v) is 3.05. The van der Waals surface area contributed by atoms with Crippen LogP contribution < -0.4 is 0 Å². The van der Waals surface area contributed by atoms with Crippen LogP contribution in [0.25, 0.3) is 10.4 Å². The van der Waals surface area contributed by atoms with Gasteiger partial charge in [0, 0.05) is 36.7 Å². The van der Waals surface area contributed by atoms with Crippen LogP contribution in [0, 0.1) is 11.8 Å². The minimum absolute atomic E-state index is 0.0162. The van der Waals surface area contributed by atoms with Gasteiger partial charge in [0.05, 0.1) is 6.54 Å². The van der Waals surface area contributed by atoms with Crippen molar-refractivity contribution < 1.29 is 28.5 Å². The molecule has 1 aliphatic heterocycles. The predicted octanol–water partition coefficient (Wildman–Crippen LogP) is 3.75. The van der Waals surface area contributed by atoms with E-state index in [1.54, 1.807) is 0 Å². The Morgan fingerprint density at radius 3 is 2.43 bits per heavy atom. The summed E-state index contributed by atoms with van der Waals surface area (Å²) < 4.78 is 22.4. The van der Waals surface area contributed by atoms with E-state index in [1.807, 2.05) is 34.6 Å². The Balaban J connectivity index is 2.51. The molecule has 0 saturated carbocycles. The zero-order valence-corrected chi connectivity index (χ0v) is 17.7. The molecule has 0 N–H and O–H groups in total. The first-order valence-electron chi connectivity index (χ1n) is 9.72. The third kappa shape index (κ3) is 8.46. The summed E-state index contributed by atoms with van der Waals surface area (Å²) in [5, 5.41) is 3.56. The average molecular weight is 399 g/mol. The Bertz CT molecular complexity index is 571. The normalized spacial score (nSPS) is 27.6. The summed E-state index contributed by atoms with van der Waals surface area (Å²) in [6, 6.07) is 0. The lowest BCUT2D eigenvalue weighted by molar-refractivity contribution is -0.264. The minimum atomic E-state index is -0.558. The second-order valence-electron chi connectivity index (χ2n) is 8.16. The summed E-state index contributed by atoms with van der Waals surface area (Å²) in [7, 11) is 0. The molecule has 0 aromatic rings. The Labute approximate surface area is 166 Å². The molecule has 0 aliphatic carbocycles. The number of hydrogen-bond acceptors (Lipinski definition) is 7. The Morgan fingerprint density at radius 1 is 1.18 bits per heavy atom. The molecule has 1 saturated heterocycles. The van der Waals surface area contributed by atoms with Gasteiger partial charge >= 0.3 is 11.9 Å². The van der Waals surface area contributed by atoms with Crippen molar-refractivity contribution in [3.63, 3.8) is 0 Å². The van der Waals surface area contributed by atoms with Crippen LogP contribution in [0.5, 0.6) is 0 Å². The smallest absolute Gasteiger partial charge is 0.306 e. The van der Waals surface area contributed by atoms with E-state index in [1.165, 1.54) is 6.92 Å². The van der Waals surface area contributed by atoms with Gasteiger partial charge in [-0.3, -0.25) is 9.59 Å². The van der Waals surface area contributed by atoms with Crippen LogP contribution in [0.4, 0.5) is 0 Å². The van der Waals surface area contributed by atoms with Gasteiger partial charge < -0.3 is 18.9 Å². The van der Waals surface area contributed by atoms with E-state index < -0.39 is 30.1 Å². The number of ether oxygens (including phenoxy) is 4. The van der Waals surface area contributed by atoms with Gasteiger partial charge in [0.2, 0.25) is 0 Å². The maximum absolute atomic E-state index is 11.7. The van der Waals surface area contributed by atoms with E-state index in [4.69, 9.17) is 24.5 Å². The molecule has 0 spiro atoms. The number of carbonyl (C=O) groups excluding carboxylic acids is 2. The molecule has 160 valence electrons. The lowest BCUT2D eigenvalue weighted by atomic mass is 9.84. The van der Waals surface area contributed by atoms with Gasteiger partial charge in [-0.2, -0.15) is 0 Å². The molecule has 1 fully saturated rings. The molecule has 1 aliphatic rings. The highest BCUT2D eigenvalue weighted by atomic mass is 16.7. The number of esters is 2. The lowest BCUT2D eigenvalue weighted by Crippen LogP contribution is -2.52. The number of rotatable bonds is 9. The summed E-state index contributed by atoms with van der Waals surface area (Å²) in [6.07, 6.45) is 0.134. The molecule has 0 aromatic carbocycles. The SMILES string of the molecule is CC(=O)OC1C(CN=[N+]=[N-])OC(OCCCCC(=O)OC(C)(C)C)C(C)C1C. The summed E-state index contributed by atoms with van der Waals surface area (Å²) in [6.45, 7) is 11.3. The van der Waals surface area contributed by atoms with Crippen molar-refractivity contribution in [3.8, 4) is 0 Å². The minimum Gasteiger partial charge on any atom is -0.460 e. The van der Waals surface area contributed by atoms with Crippen molar-refractivity contribution in [1.82, 2.24) is 0 Å². The molecular formula is C19H33N3O6. The zero-order valence-electron chi connectivity index (χ0n) is 17.7. The number of carbonyl (C=O) groups is 2. The van der Waals surface area contributed by atoms with E-state index in [9.17, 15) is 9.59 Å². The third-order valence-electron chi connectivity index (χ3n) is 4.56. The molecule has 9 nitrogen and oxygen atoms in total. The molecule has 0 amide bonds. The van der Waals surface area contributed by atoms with E-state index in [0.29, 0.717) is 25.9 Å². The van der Waals surface area contributed by atoms with E-state index in [-0.39, 0.29) is 24.3 Å². The van der Waals surface area contributed by atoms with Crippen LogP contribution in [0.3, 0.4) is 0 Å². The average Bonchev–Trinajstić information content (AvgIpc) is 2.57. The van der Waals surface area contributed by atoms with Crippen molar-refractivity contribution >= 4 is 11.9 Å². The first-order chi connectivity index (χ1) is 13.0. The van der Waals surface area contributed by atoms with Crippen LogP contribution in [0.15, 0.2) is 5.11 Å². The lowest BCUT2D eigenvalue weighted by Gasteiger charge is -2.43. The standard InChI is InChI=1S/C19H33N3O6/c1-12-13(2)18(25-10-8-7-9-16(24)28-19(4,5)6)27-15(11-21-22-20)17(12)26-14(3)23/h12-13,15,17-18H,7-11H2,1-6H3. The third-order valence-corrected chi connectivity index (χ3v) is 4.56. The molecule has 1 heterocycles. The van der Waals surface area contributed by atoms with Gasteiger partial charge in [-0.05, 0) is 39.1 Å². The Morgan fingerprint density at radius 2 is 1.86 bits per heavy atom. The molecule has 9 heteroatoms. The monoisotopic (exact) mass is 399 g/mol. The Hall–Kier alpha value is -1.83. The van der Waals surface area contributed by atoms with Crippen LogP contribution in [0.1, 0.15) is 60.8 Å². The van der Waals surface area contributed by atoms with Gasteiger partial charge in [-0.15, -0.1) is 0 Å². The van der Waals surface area contributed by atoms with Crippen molar-refractivity contribution in [2.75, 3.05) is 13.2 Å². The highest BCUT2D eigenvalue weighted by molar-refractivity contribution is 5.69. The van der Waals surface area contributed by atoms with Crippen LogP contribution in [-0.4, -0.2) is 49.2 Å². The van der Waals surface area contributed by atoms with E-state index in [0.717, 1.165) is 0 Å². The fraction of sp³-hybridized carbons (Fsp3) is 0.895. The quantitative estimate of drug-likeness (QED) is 0.191. The fourth-order valence-electron chi connectivity index (χ4n) is 3.05. The molecule has 0 radical (unpaired) electrons. The first kappa shape index (κ1) is 24.2. The summed E-state index contributed by atoms with van der Waals surface area (Å²) in [5.41, 5.74) is 8.11. The van der Waals surface area contributed by atoms with Gasteiger partial charge in [0.1, 0.15) is 17.8 Å². The van der Waals surface area contributed by atoms with Crippen molar-refractivity contribution in [3.05, 3.63) is 10.4 Å². The maximum atomic E-state index is 11.7. The van der Waals surface area contributed by atoms with E-state index in [2.05, 4.69) is 10.0 Å². The molecule has 0 aromatic heterocycles. The molecule has 5 unspecified atom stereocenters. The largest absolute Gasteiger partial charge is 0.460 e. The first-order valence-corrected chi connectivity index (χ1v) is 9.72. The number of nitrogens with zero attached hydrogens (tertiary/aromatic N) is 3. The number of unbranched alkanes of at least 4 members (excludes halogenated alkanes) is 1. The molecule has 28 heavy (non-hydrogen) atoms. The summed E-state index contributed by atoms with van der Waals surface area (Å²) in [4.78, 5) is 25.9. The highest BCUT2D eigenvalue weighted by Crippen LogP contribution is 2.33.